The molecule has 3 aromatic heterocycles. The van der Waals surface area contributed by atoms with Crippen molar-refractivity contribution in [2.24, 2.45) is 11.8 Å². The molecular formula is C31H37N7O3S. The van der Waals surface area contributed by atoms with Crippen LogP contribution in [0.2, 0.25) is 0 Å². The number of carbonyl (C=O) groups is 1. The zero-order chi connectivity index (χ0) is 29.1. The minimum atomic E-state index is -3.84. The molecule has 10 nitrogen and oxygen atoms in total. The molecule has 2 saturated carbocycles. The average Bonchev–Trinajstić information content (AvgIpc) is 3.62. The van der Waals surface area contributed by atoms with Gasteiger partial charge in [0.1, 0.15) is 11.3 Å². The van der Waals surface area contributed by atoms with Gasteiger partial charge in [-0.2, -0.15) is 5.26 Å². The Kier molecular flexibility index (Phi) is 8.16. The Hall–Kier alpha value is -3.91. The van der Waals surface area contributed by atoms with Crippen molar-refractivity contribution < 1.29 is 13.2 Å². The topological polar surface area (TPSA) is 135 Å². The Labute approximate surface area is 246 Å². The highest BCUT2D eigenvalue weighted by atomic mass is 32.2. The fourth-order valence-electron chi connectivity index (χ4n) is 6.70. The van der Waals surface area contributed by atoms with E-state index < -0.39 is 10.0 Å². The molecule has 0 radical (unpaired) electrons. The quantitative estimate of drug-likeness (QED) is 0.274. The van der Waals surface area contributed by atoms with Crippen molar-refractivity contribution in [1.82, 2.24) is 29.1 Å². The molecule has 2 N–H and O–H groups in total. The number of imidazole rings is 1. The zero-order valence-electron chi connectivity index (χ0n) is 23.7. The van der Waals surface area contributed by atoms with Gasteiger partial charge in [0.15, 0.2) is 5.65 Å². The number of nitrogens with one attached hydrogen (secondary N) is 2. The Morgan fingerprint density at radius 2 is 1.74 bits per heavy atom. The molecule has 2 fully saturated rings. The second-order valence-corrected chi connectivity index (χ2v) is 13.5. The van der Waals surface area contributed by atoms with Crippen LogP contribution in [0.1, 0.15) is 76.1 Å². The Morgan fingerprint density at radius 1 is 0.976 bits per heavy atom. The number of urea groups is 1. The van der Waals surface area contributed by atoms with Gasteiger partial charge in [-0.3, -0.25) is 0 Å². The zero-order valence-corrected chi connectivity index (χ0v) is 24.5. The van der Waals surface area contributed by atoms with E-state index in [1.165, 1.54) is 23.2 Å². The molecule has 0 saturated heterocycles. The minimum Gasteiger partial charge on any atom is -0.338 e. The van der Waals surface area contributed by atoms with Crippen molar-refractivity contribution in [1.29, 1.82) is 5.26 Å². The van der Waals surface area contributed by atoms with Crippen LogP contribution in [-0.4, -0.2) is 39.5 Å². The lowest BCUT2D eigenvalue weighted by molar-refractivity contribution is 0.234. The number of rotatable bonds is 8. The lowest BCUT2D eigenvalue weighted by atomic mass is 9.84. The highest BCUT2D eigenvalue weighted by molar-refractivity contribution is 7.90. The van der Waals surface area contributed by atoms with E-state index in [9.17, 15) is 18.5 Å². The van der Waals surface area contributed by atoms with E-state index in [1.807, 2.05) is 0 Å². The van der Waals surface area contributed by atoms with Crippen molar-refractivity contribution >= 4 is 38.1 Å². The van der Waals surface area contributed by atoms with Crippen LogP contribution in [0.25, 0.3) is 22.1 Å². The van der Waals surface area contributed by atoms with Crippen molar-refractivity contribution in [2.45, 2.75) is 81.7 Å². The van der Waals surface area contributed by atoms with Crippen molar-refractivity contribution in [2.75, 3.05) is 6.54 Å². The normalized spacial score (nSPS) is 20.0. The van der Waals surface area contributed by atoms with E-state index in [1.54, 1.807) is 48.8 Å². The summed E-state index contributed by atoms with van der Waals surface area (Å²) in [5.41, 5.74) is 1.83. The maximum absolute atomic E-state index is 13.5. The Balaban J connectivity index is 1.33. The number of carbonyl (C=O) groups excluding carboxylic acids is 1. The van der Waals surface area contributed by atoms with E-state index in [0.717, 1.165) is 49.9 Å². The SMILES string of the molecule is N#CC[C@H]1CC[C@H](n2c(CNC(=O)NCC3CCCCC3)nc3cnc4c(ccn4S(=O)(=O)c4ccccc4)c32)CC1. The predicted molar refractivity (Wildman–Crippen MR) is 160 cm³/mol. The Morgan fingerprint density at radius 3 is 2.48 bits per heavy atom. The first-order valence-electron chi connectivity index (χ1n) is 15.0. The molecule has 0 atom stereocenters. The van der Waals surface area contributed by atoms with Crippen LogP contribution in [0, 0.1) is 23.2 Å². The number of fused-ring (bicyclic) bond motifs is 3. The van der Waals surface area contributed by atoms with Gasteiger partial charge in [0, 0.05) is 30.6 Å². The summed E-state index contributed by atoms with van der Waals surface area (Å²) in [6, 6.07) is 12.3. The number of hydrogen-bond donors (Lipinski definition) is 2. The first-order valence-corrected chi connectivity index (χ1v) is 16.5. The number of aromatic nitrogens is 4. The van der Waals surface area contributed by atoms with Crippen molar-refractivity contribution in [3.8, 4) is 6.07 Å². The highest BCUT2D eigenvalue weighted by Gasteiger charge is 2.28. The summed E-state index contributed by atoms with van der Waals surface area (Å²) in [5, 5.41) is 16.0. The molecule has 6 rings (SSSR count). The molecule has 3 heterocycles. The van der Waals surface area contributed by atoms with Crippen LogP contribution in [0.4, 0.5) is 4.79 Å². The van der Waals surface area contributed by atoms with Gasteiger partial charge in [0.2, 0.25) is 0 Å². The van der Waals surface area contributed by atoms with Gasteiger partial charge in [-0.15, -0.1) is 0 Å². The number of nitrogens with zero attached hydrogens (tertiary/aromatic N) is 5. The molecule has 2 amide bonds. The van der Waals surface area contributed by atoms with Crippen LogP contribution >= 0.6 is 0 Å². The third-order valence-electron chi connectivity index (χ3n) is 8.95. The van der Waals surface area contributed by atoms with Gasteiger partial charge in [-0.25, -0.2) is 27.2 Å². The van der Waals surface area contributed by atoms with Crippen molar-refractivity contribution in [3.63, 3.8) is 0 Å². The monoisotopic (exact) mass is 587 g/mol. The largest absolute Gasteiger partial charge is 0.338 e. The minimum absolute atomic E-state index is 0.117. The number of benzene rings is 1. The van der Waals surface area contributed by atoms with Crippen LogP contribution in [0.5, 0.6) is 0 Å². The molecule has 2 aliphatic carbocycles. The van der Waals surface area contributed by atoms with Crippen LogP contribution < -0.4 is 10.6 Å². The number of nitriles is 1. The van der Waals surface area contributed by atoms with E-state index in [-0.39, 0.29) is 23.5 Å². The van der Waals surface area contributed by atoms with Crippen LogP contribution in [0.15, 0.2) is 53.7 Å². The maximum atomic E-state index is 13.5. The van der Waals surface area contributed by atoms with E-state index >= 15 is 0 Å². The summed E-state index contributed by atoms with van der Waals surface area (Å²) in [7, 11) is -3.84. The lowest BCUT2D eigenvalue weighted by Crippen LogP contribution is -2.38. The van der Waals surface area contributed by atoms with E-state index in [2.05, 4.69) is 26.3 Å². The second kappa shape index (κ2) is 12.1. The summed E-state index contributed by atoms with van der Waals surface area (Å²) in [4.78, 5) is 22.4. The van der Waals surface area contributed by atoms with Gasteiger partial charge < -0.3 is 15.2 Å². The fraction of sp³-hybridized carbons (Fsp3) is 0.484. The molecule has 0 unspecified atom stereocenters. The number of pyridine rings is 1. The second-order valence-electron chi connectivity index (χ2n) is 11.7. The van der Waals surface area contributed by atoms with Crippen molar-refractivity contribution in [3.05, 3.63) is 54.6 Å². The van der Waals surface area contributed by atoms with E-state index in [0.29, 0.717) is 41.4 Å². The fourth-order valence-corrected chi connectivity index (χ4v) is 8.02. The van der Waals surface area contributed by atoms with E-state index in [4.69, 9.17) is 4.98 Å². The maximum Gasteiger partial charge on any atom is 0.315 e. The molecule has 0 spiro atoms. The summed E-state index contributed by atoms with van der Waals surface area (Å²) >= 11 is 0. The lowest BCUT2D eigenvalue weighted by Gasteiger charge is -2.30. The highest BCUT2D eigenvalue weighted by Crippen LogP contribution is 2.38. The molecule has 220 valence electrons. The standard InChI is InChI=1S/C31H37N7O3S/c32-17-15-22-11-13-24(14-12-22)38-28(21-35-31(39)34-19-23-7-3-1-4-8-23)36-27-20-33-30-26(29(27)38)16-18-37(30)42(40,41)25-9-5-2-6-10-25/h2,5-6,9-10,16,18,20,22-24H,1,3-4,7-8,11-15,19,21H2,(H2,34,35,39)/t22-,24-. The smallest absolute Gasteiger partial charge is 0.315 e. The van der Waals surface area contributed by atoms with Gasteiger partial charge in [-0.05, 0) is 68.6 Å². The molecule has 2 aliphatic rings. The summed E-state index contributed by atoms with van der Waals surface area (Å²) in [6.07, 6.45) is 13.4. The first-order chi connectivity index (χ1) is 20.5. The third kappa shape index (κ3) is 5.60. The number of amides is 2. The van der Waals surface area contributed by atoms with Gasteiger partial charge in [-0.1, -0.05) is 37.5 Å². The molecule has 0 aliphatic heterocycles. The summed E-state index contributed by atoms with van der Waals surface area (Å²) in [6.45, 7) is 0.924. The third-order valence-corrected chi connectivity index (χ3v) is 10.6. The van der Waals surface area contributed by atoms with Crippen LogP contribution in [-0.2, 0) is 16.6 Å². The molecule has 11 heteroatoms. The first kappa shape index (κ1) is 28.2. The van der Waals surface area contributed by atoms with Gasteiger partial charge >= 0.3 is 6.03 Å². The molecule has 1 aromatic carbocycles. The summed E-state index contributed by atoms with van der Waals surface area (Å²) < 4.78 is 30.4. The predicted octanol–water partition coefficient (Wildman–Crippen LogP) is 5.65. The molecular weight excluding hydrogens is 550 g/mol. The van der Waals surface area contributed by atoms with Crippen LogP contribution in [0.3, 0.4) is 0 Å². The average molecular weight is 588 g/mol. The Bertz CT molecular complexity index is 1710. The number of hydrogen-bond acceptors (Lipinski definition) is 6. The molecule has 42 heavy (non-hydrogen) atoms. The molecule has 4 aromatic rings. The van der Waals surface area contributed by atoms with Gasteiger partial charge in [0.05, 0.1) is 29.2 Å². The van der Waals surface area contributed by atoms with Gasteiger partial charge in [0.25, 0.3) is 10.0 Å². The summed E-state index contributed by atoms with van der Waals surface area (Å²) in [5.74, 6) is 1.63. The molecule has 0 bridgehead atoms.